The summed E-state index contributed by atoms with van der Waals surface area (Å²) in [6.45, 7) is 3.49. The lowest BCUT2D eigenvalue weighted by molar-refractivity contribution is 0.618. The molecule has 0 aliphatic carbocycles. The second-order valence-electron chi connectivity index (χ2n) is 5.51. The van der Waals surface area contributed by atoms with Crippen molar-refractivity contribution in [2.24, 2.45) is 0 Å². The second-order valence-corrected chi connectivity index (χ2v) is 5.51. The van der Waals surface area contributed by atoms with Crippen LogP contribution in [0.3, 0.4) is 0 Å². The Kier molecular flexibility index (Phi) is 3.76. The maximum Gasteiger partial charge on any atom is 0.126 e. The molecule has 0 saturated carbocycles. The van der Waals surface area contributed by atoms with Crippen molar-refractivity contribution >= 4 is 0 Å². The number of benzene rings is 3. The molecule has 0 aromatic heterocycles. The number of rotatable bonds is 2. The van der Waals surface area contributed by atoms with Gasteiger partial charge in [0.15, 0.2) is 0 Å². The molecule has 0 atom stereocenters. The molecule has 0 aliphatic heterocycles. The first-order chi connectivity index (χ1) is 10.5. The smallest absolute Gasteiger partial charge is 0.126 e. The highest BCUT2D eigenvalue weighted by Crippen LogP contribution is 2.27. The zero-order valence-electron chi connectivity index (χ0n) is 12.5. The fourth-order valence-electron chi connectivity index (χ4n) is 2.40. The molecule has 0 N–H and O–H groups in total. The first-order valence-corrected chi connectivity index (χ1v) is 7.18. The number of hydrogen-bond donors (Lipinski definition) is 0. The van der Waals surface area contributed by atoms with Crippen LogP contribution < -0.4 is 0 Å². The van der Waals surface area contributed by atoms with E-state index in [-0.39, 0.29) is 11.6 Å². The van der Waals surface area contributed by atoms with Gasteiger partial charge in [0.05, 0.1) is 0 Å². The van der Waals surface area contributed by atoms with Gasteiger partial charge in [0.2, 0.25) is 0 Å². The predicted molar refractivity (Wildman–Crippen MR) is 86.7 cm³/mol. The van der Waals surface area contributed by atoms with Crippen molar-refractivity contribution in [2.45, 2.75) is 13.8 Å². The molecule has 3 aromatic carbocycles. The van der Waals surface area contributed by atoms with Crippen LogP contribution in [0.4, 0.5) is 8.78 Å². The second kappa shape index (κ2) is 5.72. The lowest BCUT2D eigenvalue weighted by Crippen LogP contribution is -1.86. The van der Waals surface area contributed by atoms with Crippen molar-refractivity contribution in [1.82, 2.24) is 0 Å². The molecule has 3 rings (SSSR count). The van der Waals surface area contributed by atoms with Crippen molar-refractivity contribution in [3.8, 4) is 22.3 Å². The zero-order valence-corrected chi connectivity index (χ0v) is 12.5. The molecule has 22 heavy (non-hydrogen) atoms. The highest BCUT2D eigenvalue weighted by atomic mass is 19.1. The van der Waals surface area contributed by atoms with Gasteiger partial charge in [-0.1, -0.05) is 48.5 Å². The van der Waals surface area contributed by atoms with E-state index < -0.39 is 0 Å². The van der Waals surface area contributed by atoms with Crippen LogP contribution >= 0.6 is 0 Å². The molecule has 0 radical (unpaired) electrons. The summed E-state index contributed by atoms with van der Waals surface area (Å²) in [5.41, 5.74) is 4.82. The summed E-state index contributed by atoms with van der Waals surface area (Å²) >= 11 is 0. The molecule has 0 nitrogen and oxygen atoms in total. The fraction of sp³-hybridized carbons (Fsp3) is 0.100. The van der Waals surface area contributed by atoms with Gasteiger partial charge in [-0.2, -0.15) is 0 Å². The van der Waals surface area contributed by atoms with Crippen LogP contribution in [0.1, 0.15) is 11.1 Å². The van der Waals surface area contributed by atoms with Crippen LogP contribution in [-0.4, -0.2) is 0 Å². The Labute approximate surface area is 129 Å². The van der Waals surface area contributed by atoms with Gasteiger partial charge in [-0.05, 0) is 59.4 Å². The van der Waals surface area contributed by atoms with Crippen LogP contribution in [0.25, 0.3) is 22.3 Å². The Balaban J connectivity index is 1.95. The van der Waals surface area contributed by atoms with E-state index in [4.69, 9.17) is 0 Å². The number of halogens is 2. The molecule has 2 heteroatoms. The number of hydrogen-bond acceptors (Lipinski definition) is 0. The standard InChI is InChI=1S/C20H16F2/c1-13-3-5-17(11-19(13)21)15-7-9-16(10-8-15)18-6-4-14(2)20(22)12-18/h3-12H,1-2H3. The Bertz CT molecular complexity index is 747. The molecule has 110 valence electrons. The quantitative estimate of drug-likeness (QED) is 0.550. The molecule has 0 spiro atoms. The van der Waals surface area contributed by atoms with Gasteiger partial charge < -0.3 is 0 Å². The van der Waals surface area contributed by atoms with Crippen molar-refractivity contribution in [2.75, 3.05) is 0 Å². The monoisotopic (exact) mass is 294 g/mol. The molecule has 0 heterocycles. The van der Waals surface area contributed by atoms with Crippen LogP contribution in [0.15, 0.2) is 60.7 Å². The summed E-state index contributed by atoms with van der Waals surface area (Å²) < 4.78 is 27.3. The molecule has 0 aliphatic rings. The van der Waals surface area contributed by atoms with Crippen molar-refractivity contribution < 1.29 is 8.78 Å². The van der Waals surface area contributed by atoms with Gasteiger partial charge in [0.25, 0.3) is 0 Å². The third kappa shape index (κ3) is 2.77. The van der Waals surface area contributed by atoms with Gasteiger partial charge in [-0.15, -0.1) is 0 Å². The minimum Gasteiger partial charge on any atom is -0.207 e. The van der Waals surface area contributed by atoms with Gasteiger partial charge in [0, 0.05) is 0 Å². The van der Waals surface area contributed by atoms with E-state index in [1.165, 1.54) is 12.1 Å². The van der Waals surface area contributed by atoms with Crippen LogP contribution in [0.2, 0.25) is 0 Å². The van der Waals surface area contributed by atoms with E-state index in [1.807, 2.05) is 36.4 Å². The van der Waals surface area contributed by atoms with E-state index in [2.05, 4.69) is 0 Å². The zero-order chi connectivity index (χ0) is 15.7. The lowest BCUT2D eigenvalue weighted by atomic mass is 9.99. The Hall–Kier alpha value is -2.48. The van der Waals surface area contributed by atoms with Gasteiger partial charge in [-0.3, -0.25) is 0 Å². The summed E-state index contributed by atoms with van der Waals surface area (Å²) in [7, 11) is 0. The van der Waals surface area contributed by atoms with E-state index in [0.29, 0.717) is 11.1 Å². The van der Waals surface area contributed by atoms with Gasteiger partial charge in [-0.25, -0.2) is 8.78 Å². The van der Waals surface area contributed by atoms with Crippen LogP contribution in [0, 0.1) is 25.5 Å². The van der Waals surface area contributed by atoms with Crippen LogP contribution in [0.5, 0.6) is 0 Å². The molecule has 3 aromatic rings. The first-order valence-electron chi connectivity index (χ1n) is 7.18. The Morgan fingerprint density at radius 2 is 0.818 bits per heavy atom. The number of aryl methyl sites for hydroxylation is 2. The maximum atomic E-state index is 13.6. The topological polar surface area (TPSA) is 0 Å². The molecular weight excluding hydrogens is 278 g/mol. The maximum absolute atomic E-state index is 13.6. The third-order valence-corrected chi connectivity index (χ3v) is 3.90. The molecule has 0 saturated heterocycles. The summed E-state index contributed by atoms with van der Waals surface area (Å²) in [5, 5.41) is 0. The van der Waals surface area contributed by atoms with Gasteiger partial charge >= 0.3 is 0 Å². The van der Waals surface area contributed by atoms with E-state index in [0.717, 1.165) is 22.3 Å². The van der Waals surface area contributed by atoms with E-state index in [1.54, 1.807) is 26.0 Å². The SMILES string of the molecule is Cc1ccc(-c2ccc(-c3ccc(C)c(F)c3)cc2)cc1F. The highest BCUT2D eigenvalue weighted by Gasteiger charge is 2.05. The molecule has 0 amide bonds. The summed E-state index contributed by atoms with van der Waals surface area (Å²) in [6.07, 6.45) is 0. The average molecular weight is 294 g/mol. The van der Waals surface area contributed by atoms with Crippen molar-refractivity contribution in [3.63, 3.8) is 0 Å². The molecule has 0 bridgehead atoms. The molecule has 0 unspecified atom stereocenters. The lowest BCUT2D eigenvalue weighted by Gasteiger charge is -2.07. The molecule has 0 fully saturated rings. The van der Waals surface area contributed by atoms with Crippen LogP contribution in [-0.2, 0) is 0 Å². The Morgan fingerprint density at radius 1 is 0.500 bits per heavy atom. The fourth-order valence-corrected chi connectivity index (χ4v) is 2.40. The van der Waals surface area contributed by atoms with Crippen molar-refractivity contribution in [1.29, 1.82) is 0 Å². The summed E-state index contributed by atoms with van der Waals surface area (Å²) in [5.74, 6) is -0.413. The Morgan fingerprint density at radius 3 is 1.14 bits per heavy atom. The van der Waals surface area contributed by atoms with E-state index in [9.17, 15) is 8.78 Å². The predicted octanol–water partition coefficient (Wildman–Crippen LogP) is 5.92. The third-order valence-electron chi connectivity index (χ3n) is 3.90. The minimum absolute atomic E-state index is 0.206. The summed E-state index contributed by atoms with van der Waals surface area (Å²) in [6, 6.07) is 18.1. The summed E-state index contributed by atoms with van der Waals surface area (Å²) in [4.78, 5) is 0. The minimum atomic E-state index is -0.206. The largest absolute Gasteiger partial charge is 0.207 e. The van der Waals surface area contributed by atoms with E-state index >= 15 is 0 Å². The van der Waals surface area contributed by atoms with Gasteiger partial charge in [0.1, 0.15) is 11.6 Å². The highest BCUT2D eigenvalue weighted by molar-refractivity contribution is 5.70. The molecular formula is C20H16F2. The normalized spacial score (nSPS) is 10.7. The first kappa shape index (κ1) is 14.5. The average Bonchev–Trinajstić information content (AvgIpc) is 2.53. The van der Waals surface area contributed by atoms with Crippen molar-refractivity contribution in [3.05, 3.63) is 83.4 Å².